The van der Waals surface area contributed by atoms with E-state index in [4.69, 9.17) is 67.8 Å². The summed E-state index contributed by atoms with van der Waals surface area (Å²) in [6, 6.07) is 56.0. The molecule has 120 heavy (non-hydrogen) atoms. The minimum absolute atomic E-state index is 0.00232. The second-order valence-corrected chi connectivity index (χ2v) is 26.4. The van der Waals surface area contributed by atoms with Gasteiger partial charge in [0, 0.05) is 44.2 Å². The van der Waals surface area contributed by atoms with Crippen LogP contribution in [0.2, 0.25) is 0 Å². The highest BCUT2D eigenvalue weighted by molar-refractivity contribution is 6.07. The molecule has 0 unspecified atom stereocenters. The van der Waals surface area contributed by atoms with E-state index in [1.54, 1.807) is 18.2 Å². The predicted octanol–water partition coefficient (Wildman–Crippen LogP) is 18.7. The summed E-state index contributed by atoms with van der Waals surface area (Å²) >= 11 is 0. The van der Waals surface area contributed by atoms with Gasteiger partial charge in [-0.15, -0.1) is 0 Å². The van der Waals surface area contributed by atoms with E-state index in [0.717, 1.165) is 0 Å². The number of ether oxygens (including phenoxy) is 8. The minimum Gasteiger partial charge on any atom is -0.478 e. The van der Waals surface area contributed by atoms with E-state index in [9.17, 15) is 79.2 Å². The van der Waals surface area contributed by atoms with Crippen LogP contribution in [0.4, 0.5) is 0 Å². The Labute approximate surface area is 671 Å². The van der Waals surface area contributed by atoms with Crippen molar-refractivity contribution < 1.29 is 117 Å². The third-order valence-electron chi connectivity index (χ3n) is 18.7. The van der Waals surface area contributed by atoms with E-state index in [-0.39, 0.29) is 227 Å². The standard InChI is InChI=1S/C88H50N8O24/c97-81(98)41-1-17-49(18-2-41)113-65-33-57-58(34-66(65)114-50-19-3-42(4-20-50)82(99)100)74-89-73(57)93-75-59-35-67(115-51-21-5-43(6-22-51)83(101)102)68(116-52-23-7-44(8-24-52)84(103)104)36-60(59)77(90-75)95-79-63-39-71(119-55-29-13-47(14-30-55)87(109)110)72(120-56-31-15-48(16-32-56)88(111)112)40-64(63)80(92-79)96-78-62-38-70(118-54-27-11-46(12-28-54)86(107)108)69(37-61(62)76(91-78)94-74)117-53-25-9-45(10-26-53)85(105)106/h1-40H,(H,97,98)(H,99,100)(H,101,102)(H,103,104)(H,105,106)(H,107,108)(H,109,110)(H,111,112)(H2,89,90,91,92,93,94,95,96). The molecule has 3 aliphatic rings. The van der Waals surface area contributed by atoms with Gasteiger partial charge >= 0.3 is 47.8 Å². The molecule has 0 saturated carbocycles. The summed E-state index contributed by atoms with van der Waals surface area (Å²) in [4.78, 5) is 135. The molecule has 0 spiro atoms. The van der Waals surface area contributed by atoms with E-state index in [1.807, 2.05) is 0 Å². The van der Waals surface area contributed by atoms with Gasteiger partial charge in [-0.05, 0) is 243 Å². The van der Waals surface area contributed by atoms with Crippen molar-refractivity contribution in [2.75, 3.05) is 0 Å². The molecule has 32 heteroatoms. The van der Waals surface area contributed by atoms with Crippen LogP contribution in [0.3, 0.4) is 0 Å². The minimum atomic E-state index is -1.22. The molecule has 0 atom stereocenters. The van der Waals surface area contributed by atoms with Gasteiger partial charge in [0.2, 0.25) is 0 Å². The Hall–Kier alpha value is -17.8. The summed E-state index contributed by atoms with van der Waals surface area (Å²) in [5, 5.41) is 79.7. The van der Waals surface area contributed by atoms with E-state index in [0.29, 0.717) is 0 Å². The number of hydrogen-bond donors (Lipinski definition) is 10. The van der Waals surface area contributed by atoms with Crippen LogP contribution in [0.5, 0.6) is 92.0 Å². The molecule has 8 bridgehead atoms. The number of rotatable bonds is 24. The topological polar surface area (TPSA) is 481 Å². The van der Waals surface area contributed by atoms with Gasteiger partial charge in [-0.2, -0.15) is 0 Å². The lowest BCUT2D eigenvalue weighted by Crippen LogP contribution is -1.97. The van der Waals surface area contributed by atoms with E-state index >= 15 is 0 Å². The van der Waals surface area contributed by atoms with Crippen LogP contribution in [0, 0.1) is 0 Å². The smallest absolute Gasteiger partial charge is 0.335 e. The van der Waals surface area contributed by atoms with Crippen LogP contribution in [-0.4, -0.2) is 128 Å². The maximum atomic E-state index is 12.1. The molecule has 3 aliphatic heterocycles. The molecule has 0 saturated heterocycles. The maximum Gasteiger partial charge on any atom is 0.335 e. The second kappa shape index (κ2) is 30.6. The highest BCUT2D eigenvalue weighted by Gasteiger charge is 2.32. The molecule has 0 aliphatic carbocycles. The number of H-pyrrole nitrogens is 2. The Morgan fingerprint density at radius 1 is 0.200 bits per heavy atom. The van der Waals surface area contributed by atoms with Gasteiger partial charge in [0.25, 0.3) is 0 Å². The molecule has 2 aromatic heterocycles. The van der Waals surface area contributed by atoms with Gasteiger partial charge in [0.15, 0.2) is 69.3 Å². The highest BCUT2D eigenvalue weighted by atomic mass is 16.5. The summed E-state index contributed by atoms with van der Waals surface area (Å²) in [6.07, 6.45) is 0. The molecule has 10 N–H and O–H groups in total. The monoisotopic (exact) mass is 1600 g/mol. The maximum absolute atomic E-state index is 12.1. The first-order valence-electron chi connectivity index (χ1n) is 35.6. The third-order valence-corrected chi connectivity index (χ3v) is 18.7. The summed E-state index contributed by atoms with van der Waals surface area (Å²) in [5.41, 5.74) is 0.667. The van der Waals surface area contributed by atoms with Crippen molar-refractivity contribution in [1.29, 1.82) is 0 Å². The number of aromatic carboxylic acids is 8. The van der Waals surface area contributed by atoms with Crippen molar-refractivity contribution in [1.82, 2.24) is 39.9 Å². The largest absolute Gasteiger partial charge is 0.478 e. The molecule has 5 heterocycles. The lowest BCUT2D eigenvalue weighted by Gasteiger charge is -2.15. The average molecular weight is 1600 g/mol. The Kier molecular flexibility index (Phi) is 19.1. The number of carboxylic acids is 8. The zero-order chi connectivity index (χ0) is 83.3. The van der Waals surface area contributed by atoms with Crippen LogP contribution >= 0.6 is 0 Å². The van der Waals surface area contributed by atoms with Crippen molar-refractivity contribution >= 4 is 69.8 Å². The van der Waals surface area contributed by atoms with Crippen LogP contribution in [0.1, 0.15) is 82.9 Å². The van der Waals surface area contributed by atoms with Gasteiger partial charge < -0.3 is 88.7 Å². The van der Waals surface area contributed by atoms with Crippen molar-refractivity contribution in [2.45, 2.75) is 0 Å². The normalized spacial score (nSPS) is 11.2. The number of nitrogens with zero attached hydrogens (tertiary/aromatic N) is 6. The van der Waals surface area contributed by atoms with Crippen LogP contribution in [0.25, 0.3) is 90.4 Å². The third kappa shape index (κ3) is 15.2. The molecular weight excluding hydrogens is 1550 g/mol. The zero-order valence-corrected chi connectivity index (χ0v) is 60.9. The van der Waals surface area contributed by atoms with E-state index < -0.39 is 47.8 Å². The first-order chi connectivity index (χ1) is 57.9. The van der Waals surface area contributed by atoms with Crippen LogP contribution < -0.4 is 37.9 Å². The summed E-state index contributed by atoms with van der Waals surface area (Å²) in [7, 11) is 0. The Bertz CT molecular complexity index is 6470. The van der Waals surface area contributed by atoms with Gasteiger partial charge in [-0.3, -0.25) is 0 Å². The Morgan fingerprint density at radius 3 is 0.575 bits per heavy atom. The van der Waals surface area contributed by atoms with Crippen LogP contribution in [0.15, 0.2) is 243 Å². The highest BCUT2D eigenvalue weighted by Crippen LogP contribution is 2.51. The number of benzene rings is 12. The number of aromatic amines is 2. The molecule has 12 aromatic carbocycles. The summed E-state index contributed by atoms with van der Waals surface area (Å²) in [5.74, 6) is -9.45. The first kappa shape index (κ1) is 74.9. The predicted molar refractivity (Wildman–Crippen MR) is 422 cm³/mol. The molecular formula is C88H50N8O24. The molecule has 32 nitrogen and oxygen atoms in total. The quantitative estimate of drug-likeness (QED) is 0.0269. The fourth-order valence-electron chi connectivity index (χ4n) is 12.8. The summed E-state index contributed by atoms with van der Waals surface area (Å²) in [6.45, 7) is 0. The van der Waals surface area contributed by atoms with Crippen molar-refractivity contribution in [3.63, 3.8) is 0 Å². The fourth-order valence-corrected chi connectivity index (χ4v) is 12.8. The van der Waals surface area contributed by atoms with E-state index in [1.165, 1.54) is 224 Å². The average Bonchev–Trinajstić information content (AvgIpc) is 1.59. The van der Waals surface area contributed by atoms with Gasteiger partial charge in [0.05, 0.1) is 44.5 Å². The first-order valence-corrected chi connectivity index (χ1v) is 35.6. The number of fused-ring (bicyclic) bond motifs is 20. The van der Waals surface area contributed by atoms with Gasteiger partial charge in [0.1, 0.15) is 68.9 Å². The van der Waals surface area contributed by atoms with Gasteiger partial charge in [-0.1, -0.05) is 0 Å². The lowest BCUT2D eigenvalue weighted by molar-refractivity contribution is 0.0686. The number of nitrogens with one attached hydrogen (secondary N) is 2. The Balaban J connectivity index is 0.971. The molecule has 0 fully saturated rings. The zero-order valence-electron chi connectivity index (χ0n) is 60.9. The molecule has 0 radical (unpaired) electrons. The van der Waals surface area contributed by atoms with Crippen molar-refractivity contribution in [3.05, 3.63) is 287 Å². The summed E-state index contributed by atoms with van der Waals surface area (Å²) < 4.78 is 52.8. The van der Waals surface area contributed by atoms with Crippen LogP contribution in [-0.2, 0) is 0 Å². The van der Waals surface area contributed by atoms with E-state index in [2.05, 4.69) is 9.97 Å². The lowest BCUT2D eigenvalue weighted by atomic mass is 10.1. The second-order valence-electron chi connectivity index (χ2n) is 26.4. The van der Waals surface area contributed by atoms with Crippen molar-refractivity contribution in [2.24, 2.45) is 0 Å². The number of aromatic nitrogens is 8. The molecule has 586 valence electrons. The van der Waals surface area contributed by atoms with Crippen molar-refractivity contribution in [3.8, 4) is 160 Å². The number of carboxylic acid groups (broad SMARTS) is 8. The Morgan fingerprint density at radius 2 is 0.367 bits per heavy atom. The molecule has 0 amide bonds. The number of hydrogen-bond acceptors (Lipinski definition) is 22. The SMILES string of the molecule is O=C(O)c1ccc(Oc2cc3c(cc2Oc2ccc(C(=O)O)cc2)-c2nc-3nc3nc([nH]c4nc(nc5[nH]c(n2)c2cc(Oc6ccc(C(=O)O)cc6)c(Oc6ccc(C(=O)O)cc6)cc52)-c2cc(Oc5ccc(C(=O)O)cc5)c(Oc5ccc(C(=O)O)cc5)cc2-4)-c2cc(Oc4ccc(C(=O)O)cc4)c(Oc4ccc(C(=O)O)cc4)cc2-3)cc1. The van der Waals surface area contributed by atoms with Gasteiger partial charge in [-0.25, -0.2) is 68.3 Å². The molecule has 14 aromatic rings. The number of carbonyl (C=O) groups is 8. The fraction of sp³-hybridized carbons (Fsp3) is 0. The molecule has 17 rings (SSSR count).